The maximum Gasteiger partial charge on any atom is 0.416 e. The van der Waals surface area contributed by atoms with Gasteiger partial charge in [0.05, 0.1) is 17.8 Å². The zero-order valence-electron chi connectivity index (χ0n) is 19.2. The van der Waals surface area contributed by atoms with Crippen LogP contribution in [0.3, 0.4) is 0 Å². The molecule has 0 aliphatic carbocycles. The molecule has 1 N–H and O–H groups in total. The molecule has 1 fully saturated rings. The van der Waals surface area contributed by atoms with Crippen LogP contribution in [0.25, 0.3) is 0 Å². The van der Waals surface area contributed by atoms with Crippen molar-refractivity contribution in [3.63, 3.8) is 0 Å². The fourth-order valence-corrected chi connectivity index (χ4v) is 4.86. The maximum atomic E-state index is 13.2. The van der Waals surface area contributed by atoms with Crippen molar-refractivity contribution in [3.8, 4) is 0 Å². The van der Waals surface area contributed by atoms with Crippen LogP contribution < -0.4 is 5.32 Å². The average molecular weight is 512 g/mol. The zero-order valence-corrected chi connectivity index (χ0v) is 20.1. The van der Waals surface area contributed by atoms with Crippen LogP contribution in [-0.4, -0.2) is 33.7 Å². The van der Waals surface area contributed by atoms with Crippen molar-refractivity contribution in [2.45, 2.75) is 30.8 Å². The Labute approximate surface area is 211 Å². The molecule has 186 valence electrons. The molecule has 5 nitrogen and oxygen atoms in total. The van der Waals surface area contributed by atoms with Gasteiger partial charge in [0.2, 0.25) is 11.8 Å². The largest absolute Gasteiger partial charge is 0.416 e. The first kappa shape index (κ1) is 25.5. The van der Waals surface area contributed by atoms with Gasteiger partial charge in [-0.2, -0.15) is 13.2 Å². The van der Waals surface area contributed by atoms with Crippen LogP contribution in [0.15, 0.2) is 89.9 Å². The Morgan fingerprint density at radius 3 is 2.14 bits per heavy atom. The van der Waals surface area contributed by atoms with Crippen molar-refractivity contribution < 1.29 is 22.8 Å². The number of carbonyl (C=O) groups excluding carboxylic acids is 2. The van der Waals surface area contributed by atoms with Crippen molar-refractivity contribution >= 4 is 34.4 Å². The molecule has 0 unspecified atom stereocenters. The smallest absolute Gasteiger partial charge is 0.356 e. The lowest BCUT2D eigenvalue weighted by molar-refractivity contribution is -0.137. The molecule has 0 saturated carbocycles. The van der Waals surface area contributed by atoms with Crippen molar-refractivity contribution in [1.82, 2.24) is 10.2 Å². The Hall–Kier alpha value is -3.59. The quantitative estimate of drug-likeness (QED) is 0.429. The van der Waals surface area contributed by atoms with E-state index in [1.807, 2.05) is 60.7 Å². The number of nitrogens with one attached hydrogen (secondary N) is 1. The number of hydrogen-bond donors (Lipinski definition) is 1. The lowest BCUT2D eigenvalue weighted by atomic mass is 10.1. The number of amides is 2. The van der Waals surface area contributed by atoms with Crippen molar-refractivity contribution in [2.75, 3.05) is 6.54 Å². The van der Waals surface area contributed by atoms with Gasteiger partial charge >= 0.3 is 6.18 Å². The van der Waals surface area contributed by atoms with E-state index >= 15 is 0 Å². The summed E-state index contributed by atoms with van der Waals surface area (Å²) in [6, 6.07) is 23.5. The van der Waals surface area contributed by atoms with Gasteiger partial charge in [-0.3, -0.25) is 14.5 Å². The number of rotatable bonds is 8. The van der Waals surface area contributed by atoms with Gasteiger partial charge in [-0.15, -0.1) is 0 Å². The summed E-state index contributed by atoms with van der Waals surface area (Å²) in [7, 11) is 0. The fourth-order valence-electron chi connectivity index (χ4n) is 3.70. The van der Waals surface area contributed by atoms with E-state index in [1.54, 1.807) is 0 Å². The number of carbonyl (C=O) groups is 2. The van der Waals surface area contributed by atoms with Crippen LogP contribution in [0, 0.1) is 0 Å². The highest BCUT2D eigenvalue weighted by molar-refractivity contribution is 8.15. The van der Waals surface area contributed by atoms with Crippen LogP contribution in [0.2, 0.25) is 0 Å². The normalized spacial score (nSPS) is 17.0. The molecule has 2 amide bonds. The van der Waals surface area contributed by atoms with Crippen LogP contribution >= 0.6 is 11.8 Å². The van der Waals surface area contributed by atoms with Gasteiger partial charge in [0.15, 0.2) is 5.17 Å². The Morgan fingerprint density at radius 2 is 1.53 bits per heavy atom. The molecule has 3 aromatic carbocycles. The molecule has 0 radical (unpaired) electrons. The summed E-state index contributed by atoms with van der Waals surface area (Å²) in [5.41, 5.74) is 1.50. The van der Waals surface area contributed by atoms with Gasteiger partial charge in [0.25, 0.3) is 0 Å². The van der Waals surface area contributed by atoms with Crippen molar-refractivity contribution in [1.29, 1.82) is 0 Å². The second kappa shape index (κ2) is 11.4. The molecule has 1 heterocycles. The number of alkyl halides is 3. The molecule has 0 spiro atoms. The van der Waals surface area contributed by atoms with E-state index in [0.717, 1.165) is 35.0 Å². The van der Waals surface area contributed by atoms with E-state index in [9.17, 15) is 22.8 Å². The summed E-state index contributed by atoms with van der Waals surface area (Å²) in [5, 5.41) is 2.54. The molecular weight excluding hydrogens is 487 g/mol. The molecule has 3 aromatic rings. The summed E-state index contributed by atoms with van der Waals surface area (Å²) in [4.78, 5) is 31.7. The highest BCUT2D eigenvalue weighted by Crippen LogP contribution is 2.34. The predicted octanol–water partition coefficient (Wildman–Crippen LogP) is 5.59. The van der Waals surface area contributed by atoms with Crippen LogP contribution in [0.1, 0.15) is 23.1 Å². The van der Waals surface area contributed by atoms with Gasteiger partial charge in [0.1, 0.15) is 5.25 Å². The second-order valence-electron chi connectivity index (χ2n) is 8.25. The Kier molecular flexibility index (Phi) is 8.10. The third-order valence-corrected chi connectivity index (χ3v) is 6.75. The summed E-state index contributed by atoms with van der Waals surface area (Å²) in [6.07, 6.45) is -3.78. The SMILES string of the molecule is O=C(C[C@@H]1SC(=Nc2ccc(C(F)(F)F)cc2)N(Cc2ccccc2)C1=O)NCCc1ccccc1. The van der Waals surface area contributed by atoms with E-state index in [1.165, 1.54) is 17.0 Å². The number of thioether (sulfide) groups is 1. The molecule has 1 saturated heterocycles. The molecule has 9 heteroatoms. The van der Waals surface area contributed by atoms with Gasteiger partial charge in [-0.25, -0.2) is 4.99 Å². The minimum atomic E-state index is -4.44. The predicted molar refractivity (Wildman–Crippen MR) is 135 cm³/mol. The Bertz CT molecular complexity index is 1220. The summed E-state index contributed by atoms with van der Waals surface area (Å²) < 4.78 is 38.7. The fraction of sp³-hybridized carbons (Fsp3) is 0.222. The molecular formula is C27H24F3N3O2S. The molecule has 1 atom stereocenters. The minimum absolute atomic E-state index is 0.0182. The molecule has 4 rings (SSSR count). The van der Waals surface area contributed by atoms with E-state index in [2.05, 4.69) is 10.3 Å². The first-order chi connectivity index (χ1) is 17.3. The van der Waals surface area contributed by atoms with E-state index in [4.69, 9.17) is 0 Å². The van der Waals surface area contributed by atoms with Gasteiger partial charge in [0, 0.05) is 13.0 Å². The minimum Gasteiger partial charge on any atom is -0.356 e. The Balaban J connectivity index is 1.46. The number of nitrogens with zero attached hydrogens (tertiary/aromatic N) is 2. The maximum absolute atomic E-state index is 13.2. The third kappa shape index (κ3) is 6.75. The summed E-state index contributed by atoms with van der Waals surface area (Å²) in [5.74, 6) is -0.500. The number of aliphatic imine (C=N–C) groups is 1. The molecule has 36 heavy (non-hydrogen) atoms. The monoisotopic (exact) mass is 511 g/mol. The van der Waals surface area contributed by atoms with E-state index in [-0.39, 0.29) is 24.8 Å². The van der Waals surface area contributed by atoms with Gasteiger partial charge in [-0.05, 0) is 41.8 Å². The zero-order chi connectivity index (χ0) is 25.5. The molecule has 1 aliphatic rings. The lowest BCUT2D eigenvalue weighted by Gasteiger charge is -2.16. The summed E-state index contributed by atoms with van der Waals surface area (Å²) in [6.45, 7) is 0.701. The topological polar surface area (TPSA) is 61.8 Å². The van der Waals surface area contributed by atoms with Crippen LogP contribution in [0.4, 0.5) is 18.9 Å². The molecule has 1 aliphatic heterocycles. The molecule has 0 bridgehead atoms. The summed E-state index contributed by atoms with van der Waals surface area (Å²) >= 11 is 1.15. The van der Waals surface area contributed by atoms with Gasteiger partial charge < -0.3 is 5.32 Å². The second-order valence-corrected chi connectivity index (χ2v) is 9.42. The van der Waals surface area contributed by atoms with E-state index < -0.39 is 17.0 Å². The van der Waals surface area contributed by atoms with Crippen LogP contribution in [0.5, 0.6) is 0 Å². The van der Waals surface area contributed by atoms with Crippen LogP contribution in [-0.2, 0) is 28.7 Å². The number of benzene rings is 3. The average Bonchev–Trinajstić information content (AvgIpc) is 3.14. The van der Waals surface area contributed by atoms with Crippen molar-refractivity contribution in [3.05, 3.63) is 102 Å². The lowest BCUT2D eigenvalue weighted by Crippen LogP contribution is -2.34. The van der Waals surface area contributed by atoms with Gasteiger partial charge in [-0.1, -0.05) is 72.4 Å². The standard InChI is InChI=1S/C27H24F3N3O2S/c28-27(29,30)21-11-13-22(14-12-21)32-26-33(18-20-9-5-2-6-10-20)25(35)23(36-26)17-24(34)31-16-15-19-7-3-1-4-8-19/h1-14,23H,15-18H2,(H,31,34)/t23-/m0/s1. The first-order valence-electron chi connectivity index (χ1n) is 11.4. The first-order valence-corrected chi connectivity index (χ1v) is 12.3. The third-order valence-electron chi connectivity index (χ3n) is 5.57. The number of halogens is 3. The highest BCUT2D eigenvalue weighted by Gasteiger charge is 2.39. The molecule has 0 aromatic heterocycles. The number of amidine groups is 1. The highest BCUT2D eigenvalue weighted by atomic mass is 32.2. The van der Waals surface area contributed by atoms with Crippen molar-refractivity contribution in [2.24, 2.45) is 4.99 Å². The Morgan fingerprint density at radius 1 is 0.917 bits per heavy atom. The van der Waals surface area contributed by atoms with E-state index in [0.29, 0.717) is 23.8 Å². The number of hydrogen-bond acceptors (Lipinski definition) is 4.